The van der Waals surface area contributed by atoms with Gasteiger partial charge in [-0.25, -0.2) is 9.78 Å². The van der Waals surface area contributed by atoms with Crippen LogP contribution in [0.3, 0.4) is 0 Å². The zero-order valence-corrected chi connectivity index (χ0v) is 21.8. The summed E-state index contributed by atoms with van der Waals surface area (Å²) >= 11 is 1.52. The number of rotatable bonds is 7. The van der Waals surface area contributed by atoms with Gasteiger partial charge in [0, 0.05) is 31.8 Å². The molecule has 0 saturated carbocycles. The third-order valence-electron chi connectivity index (χ3n) is 6.31. The van der Waals surface area contributed by atoms with Crippen LogP contribution >= 0.6 is 11.3 Å². The van der Waals surface area contributed by atoms with E-state index in [9.17, 15) is 9.90 Å². The van der Waals surface area contributed by atoms with Crippen LogP contribution in [0.15, 0.2) is 28.1 Å². The number of methoxy groups -OCH3 is 1. The standard InChI is InChI=1S/C25H32N4O6S/c1-25(2,3)35-24(31)29-15-5-6-16(29)12-28(11-15)23-27-20-19(33-14-17(30)13-32-4)8-7-18(21(20)34-23)22-26-9-10-36-22/h7-10,15-17,30H,5-6,11-14H2,1-4H3. The van der Waals surface area contributed by atoms with Gasteiger partial charge in [0.05, 0.1) is 24.3 Å². The molecule has 0 radical (unpaired) electrons. The Morgan fingerprint density at radius 2 is 2.00 bits per heavy atom. The topological polar surface area (TPSA) is 110 Å². The summed E-state index contributed by atoms with van der Waals surface area (Å²) in [6, 6.07) is 4.28. The molecule has 2 fully saturated rings. The van der Waals surface area contributed by atoms with E-state index in [1.807, 2.05) is 43.2 Å². The van der Waals surface area contributed by atoms with Crippen LogP contribution in [0.1, 0.15) is 33.6 Å². The van der Waals surface area contributed by atoms with Gasteiger partial charge in [-0.2, -0.15) is 4.98 Å². The number of hydrogen-bond donors (Lipinski definition) is 1. The molecule has 36 heavy (non-hydrogen) atoms. The number of aromatic nitrogens is 2. The van der Waals surface area contributed by atoms with Crippen LogP contribution in [-0.2, 0) is 9.47 Å². The number of benzene rings is 1. The maximum absolute atomic E-state index is 12.8. The first kappa shape index (κ1) is 24.8. The number of carbonyl (C=O) groups excluding carboxylic acids is 1. The number of amides is 1. The van der Waals surface area contributed by atoms with Crippen molar-refractivity contribution in [3.05, 3.63) is 23.7 Å². The van der Waals surface area contributed by atoms with Crippen LogP contribution in [0.25, 0.3) is 21.7 Å². The highest BCUT2D eigenvalue weighted by Gasteiger charge is 2.45. The largest absolute Gasteiger partial charge is 0.488 e. The van der Waals surface area contributed by atoms with Gasteiger partial charge < -0.3 is 28.6 Å². The Bertz CT molecular complexity index is 1190. The minimum absolute atomic E-state index is 0.0342. The number of aliphatic hydroxyl groups is 1. The summed E-state index contributed by atoms with van der Waals surface area (Å²) < 4.78 is 22.9. The molecular formula is C25H32N4O6S. The van der Waals surface area contributed by atoms with Crippen molar-refractivity contribution in [2.24, 2.45) is 0 Å². The quantitative estimate of drug-likeness (QED) is 0.499. The van der Waals surface area contributed by atoms with Gasteiger partial charge in [-0.05, 0) is 45.7 Å². The highest BCUT2D eigenvalue weighted by molar-refractivity contribution is 7.13. The van der Waals surface area contributed by atoms with E-state index in [1.54, 1.807) is 6.20 Å². The summed E-state index contributed by atoms with van der Waals surface area (Å²) in [7, 11) is 1.53. The van der Waals surface area contributed by atoms with Crippen LogP contribution in [0, 0.1) is 0 Å². The summed E-state index contributed by atoms with van der Waals surface area (Å²) in [5.41, 5.74) is 1.46. The van der Waals surface area contributed by atoms with E-state index >= 15 is 0 Å². The number of nitrogens with zero attached hydrogens (tertiary/aromatic N) is 4. The molecular weight excluding hydrogens is 484 g/mol. The van der Waals surface area contributed by atoms with Gasteiger partial charge in [0.2, 0.25) is 0 Å². The molecule has 2 bridgehead atoms. The normalized spacial score (nSPS) is 20.7. The van der Waals surface area contributed by atoms with Gasteiger partial charge in [0.1, 0.15) is 29.1 Å². The fourth-order valence-electron chi connectivity index (χ4n) is 4.85. The van der Waals surface area contributed by atoms with Crippen LogP contribution < -0.4 is 9.64 Å². The van der Waals surface area contributed by atoms with E-state index in [1.165, 1.54) is 18.4 Å². The Balaban J connectivity index is 1.43. The predicted molar refractivity (Wildman–Crippen MR) is 136 cm³/mol. The summed E-state index contributed by atoms with van der Waals surface area (Å²) in [6.07, 6.45) is 2.56. The van der Waals surface area contributed by atoms with Crippen molar-refractivity contribution in [2.75, 3.05) is 38.3 Å². The summed E-state index contributed by atoms with van der Waals surface area (Å²) in [5, 5.41) is 12.8. The van der Waals surface area contributed by atoms with Crippen LogP contribution in [0.5, 0.6) is 5.75 Å². The van der Waals surface area contributed by atoms with Gasteiger partial charge in [-0.1, -0.05) is 0 Å². The summed E-state index contributed by atoms with van der Waals surface area (Å²) in [4.78, 5) is 26.1. The molecule has 3 atom stereocenters. The Hall–Kier alpha value is -2.89. The second kappa shape index (κ2) is 9.87. The van der Waals surface area contributed by atoms with Crippen LogP contribution in [0.4, 0.5) is 10.8 Å². The van der Waals surface area contributed by atoms with Gasteiger partial charge in [0.25, 0.3) is 6.01 Å². The second-order valence-corrected chi connectivity index (χ2v) is 11.1. The molecule has 1 amide bonds. The Morgan fingerprint density at radius 1 is 1.25 bits per heavy atom. The van der Waals surface area contributed by atoms with E-state index < -0.39 is 11.7 Å². The number of hydrogen-bond acceptors (Lipinski definition) is 10. The number of anilines is 1. The lowest BCUT2D eigenvalue weighted by molar-refractivity contribution is 0.0120. The van der Waals surface area contributed by atoms with Gasteiger partial charge in [0.15, 0.2) is 11.1 Å². The molecule has 2 aliphatic heterocycles. The lowest BCUT2D eigenvalue weighted by Crippen LogP contribution is -2.56. The third-order valence-corrected chi connectivity index (χ3v) is 7.11. The maximum atomic E-state index is 12.8. The molecule has 11 heteroatoms. The Labute approximate surface area is 213 Å². The molecule has 4 heterocycles. The van der Waals surface area contributed by atoms with Crippen LogP contribution in [-0.4, -0.2) is 83.3 Å². The molecule has 0 aliphatic carbocycles. The average molecular weight is 517 g/mol. The monoisotopic (exact) mass is 516 g/mol. The molecule has 0 spiro atoms. The first-order chi connectivity index (χ1) is 17.2. The zero-order chi connectivity index (χ0) is 25.4. The molecule has 1 aromatic carbocycles. The fraction of sp³-hybridized carbons (Fsp3) is 0.560. The van der Waals surface area contributed by atoms with Crippen molar-refractivity contribution >= 4 is 34.5 Å². The number of thiazole rings is 1. The van der Waals surface area contributed by atoms with Crippen molar-refractivity contribution in [3.63, 3.8) is 0 Å². The molecule has 3 aromatic rings. The minimum Gasteiger partial charge on any atom is -0.488 e. The minimum atomic E-state index is -0.758. The van der Waals surface area contributed by atoms with Crippen LogP contribution in [0.2, 0.25) is 0 Å². The highest BCUT2D eigenvalue weighted by Crippen LogP contribution is 2.40. The molecule has 1 N–H and O–H groups in total. The van der Waals surface area contributed by atoms with E-state index in [0.717, 1.165) is 23.4 Å². The van der Waals surface area contributed by atoms with Crippen molar-refractivity contribution in [1.82, 2.24) is 14.9 Å². The lowest BCUT2D eigenvalue weighted by Gasteiger charge is -2.40. The average Bonchev–Trinajstić information content (AvgIpc) is 3.55. The molecule has 2 aliphatic rings. The number of carbonyl (C=O) groups is 1. The van der Waals surface area contributed by atoms with Crippen molar-refractivity contribution < 1.29 is 28.5 Å². The fourth-order valence-corrected chi connectivity index (χ4v) is 5.51. The van der Waals surface area contributed by atoms with Gasteiger partial charge in [-0.15, -0.1) is 11.3 Å². The Morgan fingerprint density at radius 3 is 2.64 bits per heavy atom. The van der Waals surface area contributed by atoms with E-state index in [2.05, 4.69) is 9.88 Å². The zero-order valence-electron chi connectivity index (χ0n) is 21.0. The number of aliphatic hydroxyl groups excluding tert-OH is 1. The predicted octanol–water partition coefficient (Wildman–Crippen LogP) is 3.93. The highest BCUT2D eigenvalue weighted by atomic mass is 32.1. The number of fused-ring (bicyclic) bond motifs is 3. The van der Waals surface area contributed by atoms with Crippen molar-refractivity contribution in [3.8, 4) is 16.3 Å². The molecule has 194 valence electrons. The molecule has 3 unspecified atom stereocenters. The first-order valence-corrected chi connectivity index (χ1v) is 13.0. The molecule has 10 nitrogen and oxygen atoms in total. The van der Waals surface area contributed by atoms with Gasteiger partial charge in [-0.3, -0.25) is 4.90 Å². The summed E-state index contributed by atoms with van der Waals surface area (Å²) in [5.74, 6) is 0.519. The van der Waals surface area contributed by atoms with Crippen molar-refractivity contribution in [1.29, 1.82) is 0 Å². The Kier molecular flexibility index (Phi) is 6.80. The lowest BCUT2D eigenvalue weighted by atomic mass is 10.2. The molecule has 2 saturated heterocycles. The summed E-state index contributed by atoms with van der Waals surface area (Å²) in [6.45, 7) is 7.12. The van der Waals surface area contributed by atoms with E-state index in [0.29, 0.717) is 36.0 Å². The van der Waals surface area contributed by atoms with E-state index in [-0.39, 0.29) is 31.4 Å². The number of oxazole rings is 1. The first-order valence-electron chi connectivity index (χ1n) is 12.1. The third kappa shape index (κ3) is 5.00. The molecule has 2 aromatic heterocycles. The molecule has 5 rings (SSSR count). The number of ether oxygens (including phenoxy) is 3. The SMILES string of the molecule is COCC(O)COc1ccc(-c2nccs2)c2oc(N3CC4CCC(C3)N4C(=O)OC(C)(C)C)nc12. The van der Waals surface area contributed by atoms with E-state index in [4.69, 9.17) is 23.6 Å². The van der Waals surface area contributed by atoms with Crippen molar-refractivity contribution in [2.45, 2.75) is 57.4 Å². The smallest absolute Gasteiger partial charge is 0.410 e. The number of piperazine rings is 1. The van der Waals surface area contributed by atoms with Gasteiger partial charge >= 0.3 is 6.09 Å². The maximum Gasteiger partial charge on any atom is 0.410 e. The second-order valence-electron chi connectivity index (χ2n) is 10.2.